The first-order valence-corrected chi connectivity index (χ1v) is 9.59. The number of rotatable bonds is 6. The molecular weight excluding hydrogens is 360 g/mol. The Morgan fingerprint density at radius 2 is 1.76 bits per heavy atom. The number of anilines is 1. The molecule has 2 aromatic carbocycles. The van der Waals surface area contributed by atoms with Gasteiger partial charge in [0.15, 0.2) is 0 Å². The van der Waals surface area contributed by atoms with Crippen LogP contribution in [-0.2, 0) is 21.2 Å². The van der Waals surface area contributed by atoms with Crippen LogP contribution in [0.2, 0.25) is 5.02 Å². The van der Waals surface area contributed by atoms with Gasteiger partial charge in [-0.3, -0.25) is 4.79 Å². The molecule has 0 spiro atoms. The number of nitrogens with zero attached hydrogens (tertiary/aromatic N) is 1. The first-order valence-electron chi connectivity index (χ1n) is 7.77. The molecule has 1 amide bonds. The first kappa shape index (κ1) is 19.4. The smallest absolute Gasteiger partial charge is 0.242 e. The standard InChI is InChI=1S/C18H21ClN2O3S/c1-13-4-10-16(25(23,24)21(2)3)12-17(13)20-18(22)11-7-14-5-8-15(19)9-6-14/h4-6,8-10,12H,7,11H2,1-3H3,(H,20,22). The van der Waals surface area contributed by atoms with Crippen LogP contribution in [0.15, 0.2) is 47.4 Å². The summed E-state index contributed by atoms with van der Waals surface area (Å²) in [6.45, 7) is 1.82. The van der Waals surface area contributed by atoms with E-state index >= 15 is 0 Å². The normalized spacial score (nSPS) is 11.6. The van der Waals surface area contributed by atoms with Crippen LogP contribution >= 0.6 is 11.6 Å². The van der Waals surface area contributed by atoms with Crippen LogP contribution in [0.1, 0.15) is 17.5 Å². The molecule has 0 atom stereocenters. The van der Waals surface area contributed by atoms with E-state index in [1.54, 1.807) is 18.2 Å². The van der Waals surface area contributed by atoms with E-state index in [-0.39, 0.29) is 10.8 Å². The maximum atomic E-state index is 12.2. The van der Waals surface area contributed by atoms with Crippen molar-refractivity contribution in [2.75, 3.05) is 19.4 Å². The van der Waals surface area contributed by atoms with Crippen molar-refractivity contribution < 1.29 is 13.2 Å². The average Bonchev–Trinajstić information content (AvgIpc) is 2.56. The van der Waals surface area contributed by atoms with Crippen LogP contribution in [-0.4, -0.2) is 32.7 Å². The zero-order valence-electron chi connectivity index (χ0n) is 14.4. The maximum Gasteiger partial charge on any atom is 0.242 e. The van der Waals surface area contributed by atoms with Crippen LogP contribution in [0, 0.1) is 6.92 Å². The summed E-state index contributed by atoms with van der Waals surface area (Å²) in [6, 6.07) is 12.0. The SMILES string of the molecule is Cc1ccc(S(=O)(=O)N(C)C)cc1NC(=O)CCc1ccc(Cl)cc1. The van der Waals surface area contributed by atoms with Gasteiger partial charge in [-0.15, -0.1) is 0 Å². The molecular formula is C18H21ClN2O3S. The van der Waals surface area contributed by atoms with Gasteiger partial charge in [0, 0.05) is 31.2 Å². The van der Waals surface area contributed by atoms with Gasteiger partial charge in [0.1, 0.15) is 0 Å². The Hall–Kier alpha value is -1.89. The zero-order valence-corrected chi connectivity index (χ0v) is 16.0. The van der Waals surface area contributed by atoms with Crippen molar-refractivity contribution in [3.8, 4) is 0 Å². The summed E-state index contributed by atoms with van der Waals surface area (Å²) in [7, 11) is -0.598. The molecule has 0 radical (unpaired) electrons. The van der Waals surface area contributed by atoms with Crippen LogP contribution in [0.25, 0.3) is 0 Å². The number of benzene rings is 2. The number of hydrogen-bond donors (Lipinski definition) is 1. The van der Waals surface area contributed by atoms with Gasteiger partial charge in [-0.05, 0) is 48.7 Å². The quantitative estimate of drug-likeness (QED) is 0.834. The van der Waals surface area contributed by atoms with Gasteiger partial charge in [-0.1, -0.05) is 29.8 Å². The lowest BCUT2D eigenvalue weighted by atomic mass is 10.1. The number of sulfonamides is 1. The number of amides is 1. The number of carbonyl (C=O) groups is 1. The number of hydrogen-bond acceptors (Lipinski definition) is 3. The molecule has 7 heteroatoms. The lowest BCUT2D eigenvalue weighted by Crippen LogP contribution is -2.22. The monoisotopic (exact) mass is 380 g/mol. The molecule has 25 heavy (non-hydrogen) atoms. The van der Waals surface area contributed by atoms with Crippen LogP contribution in [0.5, 0.6) is 0 Å². The minimum atomic E-state index is -3.54. The second-order valence-electron chi connectivity index (χ2n) is 5.94. The van der Waals surface area contributed by atoms with E-state index in [4.69, 9.17) is 11.6 Å². The highest BCUT2D eigenvalue weighted by atomic mass is 35.5. The van der Waals surface area contributed by atoms with Gasteiger partial charge in [-0.2, -0.15) is 0 Å². The second kappa shape index (κ2) is 7.99. The highest BCUT2D eigenvalue weighted by Crippen LogP contribution is 2.22. The Labute approximate surface area is 153 Å². The van der Waals surface area contributed by atoms with Crippen LogP contribution < -0.4 is 5.32 Å². The van der Waals surface area contributed by atoms with Crippen molar-refractivity contribution in [3.05, 3.63) is 58.6 Å². The van der Waals surface area contributed by atoms with Crippen molar-refractivity contribution >= 4 is 33.2 Å². The molecule has 0 fully saturated rings. The minimum absolute atomic E-state index is 0.149. The third kappa shape index (κ3) is 5.04. The summed E-state index contributed by atoms with van der Waals surface area (Å²) < 4.78 is 25.6. The third-order valence-corrected chi connectivity index (χ3v) is 5.88. The number of halogens is 1. The Bertz CT molecular complexity index is 862. The van der Waals surface area contributed by atoms with Gasteiger partial charge in [-0.25, -0.2) is 12.7 Å². The lowest BCUT2D eigenvalue weighted by molar-refractivity contribution is -0.116. The molecule has 134 valence electrons. The Kier molecular flexibility index (Phi) is 6.21. The largest absolute Gasteiger partial charge is 0.326 e. The lowest BCUT2D eigenvalue weighted by Gasteiger charge is -2.14. The van der Waals surface area contributed by atoms with Crippen molar-refractivity contribution in [1.82, 2.24) is 4.31 Å². The summed E-state index contributed by atoms with van der Waals surface area (Å²) >= 11 is 5.84. The van der Waals surface area contributed by atoms with E-state index in [9.17, 15) is 13.2 Å². The number of nitrogens with one attached hydrogen (secondary N) is 1. The Morgan fingerprint density at radius 3 is 2.36 bits per heavy atom. The maximum absolute atomic E-state index is 12.2. The zero-order chi connectivity index (χ0) is 18.6. The molecule has 0 aliphatic heterocycles. The molecule has 5 nitrogen and oxygen atoms in total. The number of carbonyl (C=O) groups excluding carboxylic acids is 1. The molecule has 0 saturated carbocycles. The molecule has 0 aliphatic carbocycles. The minimum Gasteiger partial charge on any atom is -0.326 e. The molecule has 0 aromatic heterocycles. The fourth-order valence-corrected chi connectivity index (χ4v) is 3.28. The number of aryl methyl sites for hydroxylation is 2. The summed E-state index contributed by atoms with van der Waals surface area (Å²) in [4.78, 5) is 12.4. The van der Waals surface area contributed by atoms with E-state index in [2.05, 4.69) is 5.32 Å². The molecule has 0 aliphatic rings. The molecule has 0 bridgehead atoms. The van der Waals surface area contributed by atoms with Crippen LogP contribution in [0.4, 0.5) is 5.69 Å². The molecule has 2 aromatic rings. The van der Waals surface area contributed by atoms with Gasteiger partial charge in [0.05, 0.1) is 4.90 Å². The van der Waals surface area contributed by atoms with Crippen LogP contribution in [0.3, 0.4) is 0 Å². The van der Waals surface area contributed by atoms with E-state index in [0.717, 1.165) is 15.4 Å². The van der Waals surface area contributed by atoms with E-state index in [1.165, 1.54) is 26.2 Å². The van der Waals surface area contributed by atoms with Crippen molar-refractivity contribution in [2.45, 2.75) is 24.7 Å². The topological polar surface area (TPSA) is 66.5 Å². The van der Waals surface area contributed by atoms with Gasteiger partial charge < -0.3 is 5.32 Å². The highest BCUT2D eigenvalue weighted by molar-refractivity contribution is 7.89. The molecule has 1 N–H and O–H groups in total. The fraction of sp³-hybridized carbons (Fsp3) is 0.278. The molecule has 0 saturated heterocycles. The van der Waals surface area contributed by atoms with Gasteiger partial charge in [0.2, 0.25) is 15.9 Å². The van der Waals surface area contributed by atoms with Crippen molar-refractivity contribution in [1.29, 1.82) is 0 Å². The van der Waals surface area contributed by atoms with Crippen molar-refractivity contribution in [2.24, 2.45) is 0 Å². The predicted molar refractivity (Wildman–Crippen MR) is 100 cm³/mol. The molecule has 0 heterocycles. The van der Waals surface area contributed by atoms with Gasteiger partial charge in [0.25, 0.3) is 0 Å². The molecule has 0 unspecified atom stereocenters. The molecule has 2 rings (SSSR count). The first-order chi connectivity index (χ1) is 11.7. The Morgan fingerprint density at radius 1 is 1.12 bits per heavy atom. The summed E-state index contributed by atoms with van der Waals surface area (Å²) in [6.07, 6.45) is 0.878. The average molecular weight is 381 g/mol. The summed E-state index contributed by atoms with van der Waals surface area (Å²) in [5.74, 6) is -0.169. The predicted octanol–water partition coefficient (Wildman–Crippen LogP) is 3.47. The summed E-state index contributed by atoms with van der Waals surface area (Å²) in [5, 5.41) is 3.45. The van der Waals surface area contributed by atoms with E-state index in [1.807, 2.05) is 19.1 Å². The fourth-order valence-electron chi connectivity index (χ4n) is 2.23. The van der Waals surface area contributed by atoms with E-state index < -0.39 is 10.0 Å². The highest BCUT2D eigenvalue weighted by Gasteiger charge is 2.18. The third-order valence-electron chi connectivity index (χ3n) is 3.82. The van der Waals surface area contributed by atoms with E-state index in [0.29, 0.717) is 23.6 Å². The summed E-state index contributed by atoms with van der Waals surface area (Å²) in [5.41, 5.74) is 2.32. The Balaban J connectivity index is 2.08. The van der Waals surface area contributed by atoms with Gasteiger partial charge >= 0.3 is 0 Å². The second-order valence-corrected chi connectivity index (χ2v) is 8.53. The van der Waals surface area contributed by atoms with Crippen molar-refractivity contribution in [3.63, 3.8) is 0 Å².